The first-order chi connectivity index (χ1) is 14.8. The van der Waals surface area contributed by atoms with Crippen LogP contribution >= 0.6 is 11.8 Å². The summed E-state index contributed by atoms with van der Waals surface area (Å²) in [7, 11) is 0. The van der Waals surface area contributed by atoms with E-state index < -0.39 is 16.8 Å². The molecule has 0 fully saturated rings. The molecule has 7 nitrogen and oxygen atoms in total. The van der Waals surface area contributed by atoms with Gasteiger partial charge in [-0.25, -0.2) is 4.39 Å². The summed E-state index contributed by atoms with van der Waals surface area (Å²) in [6.07, 6.45) is 0.769. The largest absolute Gasteiger partial charge is 0.354 e. The second-order valence-electron chi connectivity index (χ2n) is 7.00. The van der Waals surface area contributed by atoms with Crippen molar-refractivity contribution in [2.24, 2.45) is 0 Å². The molecule has 0 aliphatic heterocycles. The van der Waals surface area contributed by atoms with E-state index in [9.17, 15) is 24.1 Å². The first-order valence-electron chi connectivity index (χ1n) is 9.95. The highest BCUT2D eigenvalue weighted by atomic mass is 32.2. The Kier molecular flexibility index (Phi) is 9.45. The van der Waals surface area contributed by atoms with Crippen LogP contribution in [0.4, 0.5) is 10.1 Å². The maximum absolute atomic E-state index is 14.2. The van der Waals surface area contributed by atoms with Crippen LogP contribution in [0.25, 0.3) is 0 Å². The number of nitro groups is 1. The highest BCUT2D eigenvalue weighted by molar-refractivity contribution is 7.99. The molecule has 2 amide bonds. The summed E-state index contributed by atoms with van der Waals surface area (Å²) < 4.78 is 14.2. The normalized spacial score (nSPS) is 11.6. The van der Waals surface area contributed by atoms with E-state index in [1.165, 1.54) is 34.9 Å². The molecular formula is C22H26FN3O4S. The zero-order valence-corrected chi connectivity index (χ0v) is 18.4. The molecule has 0 bridgehead atoms. The second-order valence-corrected chi connectivity index (χ2v) is 7.98. The Morgan fingerprint density at radius 3 is 2.48 bits per heavy atom. The molecule has 1 atom stereocenters. The van der Waals surface area contributed by atoms with Gasteiger partial charge in [0.05, 0.1) is 10.7 Å². The van der Waals surface area contributed by atoms with Crippen molar-refractivity contribution in [3.8, 4) is 0 Å². The second kappa shape index (κ2) is 12.0. The number of carbonyl (C=O) groups excluding carboxylic acids is 2. The van der Waals surface area contributed by atoms with Crippen molar-refractivity contribution in [2.75, 3.05) is 12.3 Å². The molecule has 0 aromatic heterocycles. The summed E-state index contributed by atoms with van der Waals surface area (Å²) in [5, 5.41) is 13.5. The van der Waals surface area contributed by atoms with E-state index in [-0.39, 0.29) is 29.8 Å². The van der Waals surface area contributed by atoms with Gasteiger partial charge in [0.25, 0.3) is 5.69 Å². The molecule has 0 saturated heterocycles. The van der Waals surface area contributed by atoms with E-state index >= 15 is 0 Å². The standard InChI is InChI=1S/C22H26FN3O4S/c1-3-12-24-22(28)16(2)25(13-18-6-4-5-7-20(18)23)21(27)15-31-14-17-8-10-19(11-9-17)26(29)30/h4-11,16H,3,12-15H2,1-2H3,(H,24,28)/t16-/m1/s1. The molecule has 0 heterocycles. The van der Waals surface area contributed by atoms with Crippen LogP contribution in [-0.2, 0) is 21.9 Å². The summed E-state index contributed by atoms with van der Waals surface area (Å²) in [6, 6.07) is 11.6. The predicted molar refractivity (Wildman–Crippen MR) is 119 cm³/mol. The van der Waals surface area contributed by atoms with Crippen molar-refractivity contribution in [3.05, 3.63) is 75.6 Å². The van der Waals surface area contributed by atoms with Crippen LogP contribution in [0.15, 0.2) is 48.5 Å². The molecule has 166 valence electrons. The number of nitrogens with one attached hydrogen (secondary N) is 1. The maximum Gasteiger partial charge on any atom is 0.269 e. The van der Waals surface area contributed by atoms with Gasteiger partial charge in [-0.3, -0.25) is 19.7 Å². The molecule has 2 rings (SSSR count). The van der Waals surface area contributed by atoms with Gasteiger partial charge in [-0.1, -0.05) is 37.3 Å². The summed E-state index contributed by atoms with van der Waals surface area (Å²) in [5.74, 6) is -0.425. The van der Waals surface area contributed by atoms with E-state index in [0.29, 0.717) is 17.9 Å². The van der Waals surface area contributed by atoms with Crippen LogP contribution in [0.2, 0.25) is 0 Å². The number of nitrogens with zero attached hydrogens (tertiary/aromatic N) is 2. The highest BCUT2D eigenvalue weighted by Crippen LogP contribution is 2.19. The molecule has 9 heteroatoms. The third-order valence-electron chi connectivity index (χ3n) is 4.66. The van der Waals surface area contributed by atoms with Crippen molar-refractivity contribution in [1.29, 1.82) is 0 Å². The fourth-order valence-electron chi connectivity index (χ4n) is 2.84. The Morgan fingerprint density at radius 2 is 1.87 bits per heavy atom. The quantitative estimate of drug-likeness (QED) is 0.416. The summed E-state index contributed by atoms with van der Waals surface area (Å²) in [4.78, 5) is 37.0. The van der Waals surface area contributed by atoms with E-state index in [4.69, 9.17) is 0 Å². The number of benzene rings is 2. The molecule has 31 heavy (non-hydrogen) atoms. The molecule has 0 radical (unpaired) electrons. The number of carbonyl (C=O) groups is 2. The average Bonchev–Trinajstić information content (AvgIpc) is 2.76. The topological polar surface area (TPSA) is 92.6 Å². The number of amides is 2. The molecular weight excluding hydrogens is 421 g/mol. The molecule has 0 aliphatic rings. The van der Waals surface area contributed by atoms with Crippen LogP contribution in [0, 0.1) is 15.9 Å². The van der Waals surface area contributed by atoms with Crippen molar-refractivity contribution in [3.63, 3.8) is 0 Å². The van der Waals surface area contributed by atoms with Crippen molar-refractivity contribution in [2.45, 2.75) is 38.6 Å². The third kappa shape index (κ3) is 7.36. The van der Waals surface area contributed by atoms with Crippen LogP contribution in [0.5, 0.6) is 0 Å². The van der Waals surface area contributed by atoms with E-state index in [1.54, 1.807) is 37.3 Å². The minimum absolute atomic E-state index is 0.00723. The van der Waals surface area contributed by atoms with Gasteiger partial charge in [-0.05, 0) is 25.0 Å². The Hall–Kier alpha value is -2.94. The number of hydrogen-bond acceptors (Lipinski definition) is 5. The Morgan fingerprint density at radius 1 is 1.19 bits per heavy atom. The number of halogens is 1. The summed E-state index contributed by atoms with van der Waals surface area (Å²) in [6.45, 7) is 4.05. The lowest BCUT2D eigenvalue weighted by Gasteiger charge is -2.29. The number of rotatable bonds is 11. The molecule has 0 saturated carbocycles. The first kappa shape index (κ1) is 24.3. The first-order valence-corrected chi connectivity index (χ1v) is 11.1. The van der Waals surface area contributed by atoms with Crippen LogP contribution in [0.3, 0.4) is 0 Å². The maximum atomic E-state index is 14.2. The van der Waals surface area contributed by atoms with Crippen molar-refractivity contribution >= 4 is 29.3 Å². The van der Waals surface area contributed by atoms with Crippen molar-refractivity contribution < 1.29 is 18.9 Å². The van der Waals surface area contributed by atoms with E-state index in [2.05, 4.69) is 5.32 Å². The lowest BCUT2D eigenvalue weighted by molar-refractivity contribution is -0.384. The van der Waals surface area contributed by atoms with E-state index in [0.717, 1.165) is 12.0 Å². The number of thioether (sulfide) groups is 1. The van der Waals surface area contributed by atoms with Gasteiger partial charge in [0.1, 0.15) is 11.9 Å². The lowest BCUT2D eigenvalue weighted by atomic mass is 10.1. The zero-order chi connectivity index (χ0) is 22.8. The molecule has 0 unspecified atom stereocenters. The predicted octanol–water partition coefficient (Wildman–Crippen LogP) is 3.91. The summed E-state index contributed by atoms with van der Waals surface area (Å²) >= 11 is 1.33. The van der Waals surface area contributed by atoms with Gasteiger partial charge in [-0.2, -0.15) is 0 Å². The smallest absolute Gasteiger partial charge is 0.269 e. The summed E-state index contributed by atoms with van der Waals surface area (Å²) in [5.41, 5.74) is 1.19. The van der Waals surface area contributed by atoms with Gasteiger partial charge >= 0.3 is 0 Å². The number of hydrogen-bond donors (Lipinski definition) is 1. The van der Waals surface area contributed by atoms with Gasteiger partial charge in [-0.15, -0.1) is 11.8 Å². The van der Waals surface area contributed by atoms with Crippen LogP contribution in [-0.4, -0.2) is 40.0 Å². The average molecular weight is 448 g/mol. The number of nitro benzene ring substituents is 1. The van der Waals surface area contributed by atoms with Gasteiger partial charge < -0.3 is 10.2 Å². The highest BCUT2D eigenvalue weighted by Gasteiger charge is 2.26. The zero-order valence-electron chi connectivity index (χ0n) is 17.5. The monoisotopic (exact) mass is 447 g/mol. The Labute approximate surface area is 185 Å². The molecule has 0 spiro atoms. The minimum atomic E-state index is -0.751. The van der Waals surface area contributed by atoms with E-state index in [1.807, 2.05) is 6.92 Å². The fraction of sp³-hybridized carbons (Fsp3) is 0.364. The van der Waals surface area contributed by atoms with Crippen LogP contribution < -0.4 is 5.32 Å². The van der Waals surface area contributed by atoms with Crippen LogP contribution in [0.1, 0.15) is 31.4 Å². The third-order valence-corrected chi connectivity index (χ3v) is 5.65. The Balaban J connectivity index is 2.05. The SMILES string of the molecule is CCCNC(=O)[C@@H](C)N(Cc1ccccc1F)C(=O)CSCc1ccc([N+](=O)[O-])cc1. The molecule has 1 N–H and O–H groups in total. The molecule has 0 aliphatic carbocycles. The van der Waals surface area contributed by atoms with Gasteiger partial charge in [0.15, 0.2) is 0 Å². The van der Waals surface area contributed by atoms with Gasteiger partial charge in [0, 0.05) is 36.5 Å². The molecule has 2 aromatic carbocycles. The fourth-order valence-corrected chi connectivity index (χ4v) is 3.71. The number of non-ortho nitro benzene ring substituents is 1. The van der Waals surface area contributed by atoms with Gasteiger partial charge in [0.2, 0.25) is 11.8 Å². The van der Waals surface area contributed by atoms with Crippen molar-refractivity contribution in [1.82, 2.24) is 10.2 Å². The Bertz CT molecular complexity index is 908. The molecule has 2 aromatic rings. The lowest BCUT2D eigenvalue weighted by Crippen LogP contribution is -2.48. The minimum Gasteiger partial charge on any atom is -0.354 e.